The maximum absolute atomic E-state index is 9.05. The summed E-state index contributed by atoms with van der Waals surface area (Å²) in [6.07, 6.45) is 4.27. The molecule has 1 aromatic heterocycles. The smallest absolute Gasteiger partial charge is 0.115 e. The summed E-state index contributed by atoms with van der Waals surface area (Å²) in [5, 5.41) is 9.05. The second kappa shape index (κ2) is 11.7. The Labute approximate surface area is 128 Å². The first kappa shape index (κ1) is 18.9. The Morgan fingerprint density at radius 2 is 1.67 bits per heavy atom. The third kappa shape index (κ3) is 9.41. The highest BCUT2D eigenvalue weighted by atomic mass is 16.3. The molecule has 0 spiro atoms. The monoisotopic (exact) mass is 286 g/mol. The first-order valence-corrected chi connectivity index (χ1v) is 7.13. The van der Waals surface area contributed by atoms with Gasteiger partial charge in [0.05, 0.1) is 0 Å². The van der Waals surface area contributed by atoms with Crippen LogP contribution in [0.25, 0.3) is 0 Å². The highest BCUT2D eigenvalue weighted by Gasteiger charge is 2.03. The standard InChI is InChI=1S/C11H15NO.C5H5N.C2H6/c1-8(2)11(12)7-9-3-5-10(13)6-4-9;1-2-4-6-5-3-1;1-2/h3-6,11,13H,1,7,12H2,2H3;1-5H;1-2H3. The van der Waals surface area contributed by atoms with Crippen molar-refractivity contribution in [1.29, 1.82) is 0 Å². The molecule has 1 aromatic carbocycles. The zero-order valence-corrected chi connectivity index (χ0v) is 13.2. The van der Waals surface area contributed by atoms with Crippen molar-refractivity contribution >= 4 is 0 Å². The van der Waals surface area contributed by atoms with Gasteiger partial charge in [-0.05, 0) is 43.2 Å². The van der Waals surface area contributed by atoms with Crippen molar-refractivity contribution in [3.63, 3.8) is 0 Å². The van der Waals surface area contributed by atoms with Crippen LogP contribution in [0.5, 0.6) is 5.75 Å². The van der Waals surface area contributed by atoms with Gasteiger partial charge in [0.2, 0.25) is 0 Å². The molecule has 0 aliphatic carbocycles. The van der Waals surface area contributed by atoms with Gasteiger partial charge in [0.1, 0.15) is 5.75 Å². The van der Waals surface area contributed by atoms with Gasteiger partial charge in [0.25, 0.3) is 0 Å². The molecule has 114 valence electrons. The van der Waals surface area contributed by atoms with Gasteiger partial charge in [-0.1, -0.05) is 44.2 Å². The van der Waals surface area contributed by atoms with Crippen molar-refractivity contribution in [2.75, 3.05) is 0 Å². The van der Waals surface area contributed by atoms with Crippen molar-refractivity contribution < 1.29 is 5.11 Å². The number of rotatable bonds is 3. The molecule has 1 heterocycles. The van der Waals surface area contributed by atoms with E-state index in [2.05, 4.69) is 11.6 Å². The number of pyridine rings is 1. The fraction of sp³-hybridized carbons (Fsp3) is 0.278. The summed E-state index contributed by atoms with van der Waals surface area (Å²) >= 11 is 0. The van der Waals surface area contributed by atoms with E-state index in [1.807, 2.05) is 51.1 Å². The van der Waals surface area contributed by atoms with Crippen LogP contribution in [0.15, 0.2) is 67.0 Å². The number of nitrogens with zero attached hydrogens (tertiary/aromatic N) is 1. The summed E-state index contributed by atoms with van der Waals surface area (Å²) in [6, 6.07) is 12.8. The number of phenolic OH excluding ortho intramolecular Hbond substituents is 1. The molecule has 3 N–H and O–H groups in total. The van der Waals surface area contributed by atoms with E-state index in [1.54, 1.807) is 24.5 Å². The predicted molar refractivity (Wildman–Crippen MR) is 90.2 cm³/mol. The van der Waals surface area contributed by atoms with Crippen LogP contribution in [0.2, 0.25) is 0 Å². The lowest BCUT2D eigenvalue weighted by molar-refractivity contribution is 0.475. The van der Waals surface area contributed by atoms with Crippen molar-refractivity contribution in [3.05, 3.63) is 72.6 Å². The largest absolute Gasteiger partial charge is 0.508 e. The molecular weight excluding hydrogens is 260 g/mol. The number of aromatic hydroxyl groups is 1. The summed E-state index contributed by atoms with van der Waals surface area (Å²) in [5.74, 6) is 0.285. The maximum Gasteiger partial charge on any atom is 0.115 e. The Kier molecular flexibility index (Phi) is 10.5. The molecule has 3 nitrogen and oxygen atoms in total. The minimum absolute atomic E-state index is 0.00421. The second-order valence-electron chi connectivity index (χ2n) is 4.35. The van der Waals surface area contributed by atoms with Gasteiger partial charge in [0.15, 0.2) is 0 Å². The van der Waals surface area contributed by atoms with E-state index in [0.717, 1.165) is 17.6 Å². The molecule has 3 heteroatoms. The van der Waals surface area contributed by atoms with E-state index in [-0.39, 0.29) is 11.8 Å². The molecule has 0 aliphatic heterocycles. The third-order valence-electron chi connectivity index (χ3n) is 2.59. The molecule has 2 aromatic rings. The average Bonchev–Trinajstić information content (AvgIpc) is 2.54. The molecule has 1 unspecified atom stereocenters. The lowest BCUT2D eigenvalue weighted by Crippen LogP contribution is -2.23. The zero-order valence-electron chi connectivity index (χ0n) is 13.2. The number of hydrogen-bond acceptors (Lipinski definition) is 3. The molecule has 0 radical (unpaired) electrons. The third-order valence-corrected chi connectivity index (χ3v) is 2.59. The van der Waals surface area contributed by atoms with Crippen LogP contribution in [0.3, 0.4) is 0 Å². The number of nitrogens with two attached hydrogens (primary N) is 1. The molecule has 0 fully saturated rings. The van der Waals surface area contributed by atoms with E-state index < -0.39 is 0 Å². The van der Waals surface area contributed by atoms with Gasteiger partial charge in [-0.3, -0.25) is 4.98 Å². The van der Waals surface area contributed by atoms with Gasteiger partial charge >= 0.3 is 0 Å². The predicted octanol–water partition coefficient (Wildman–Crippen LogP) is 3.95. The Morgan fingerprint density at radius 1 is 1.14 bits per heavy atom. The van der Waals surface area contributed by atoms with Crippen LogP contribution in [-0.4, -0.2) is 16.1 Å². The van der Waals surface area contributed by atoms with Gasteiger partial charge in [-0.2, -0.15) is 0 Å². The summed E-state index contributed by atoms with van der Waals surface area (Å²) in [5.41, 5.74) is 7.92. The number of hydrogen-bond donors (Lipinski definition) is 2. The Balaban J connectivity index is 0.000000416. The molecule has 1 atom stereocenters. The Bertz CT molecular complexity index is 454. The normalized spacial score (nSPS) is 10.3. The molecule has 21 heavy (non-hydrogen) atoms. The fourth-order valence-electron chi connectivity index (χ4n) is 1.37. The second-order valence-corrected chi connectivity index (χ2v) is 4.35. The summed E-state index contributed by atoms with van der Waals surface area (Å²) in [4.78, 5) is 3.78. The topological polar surface area (TPSA) is 59.1 Å². The SMILES string of the molecule is C=C(C)C(N)Cc1ccc(O)cc1.CC.c1ccncc1. The van der Waals surface area contributed by atoms with Crippen molar-refractivity contribution in [1.82, 2.24) is 4.98 Å². The van der Waals surface area contributed by atoms with Gasteiger partial charge in [0, 0.05) is 18.4 Å². The molecular formula is C18H26N2O. The van der Waals surface area contributed by atoms with E-state index in [0.29, 0.717) is 0 Å². The summed E-state index contributed by atoms with van der Waals surface area (Å²) < 4.78 is 0. The van der Waals surface area contributed by atoms with Crippen molar-refractivity contribution in [2.24, 2.45) is 5.73 Å². The first-order valence-electron chi connectivity index (χ1n) is 7.13. The molecule has 0 aliphatic rings. The van der Waals surface area contributed by atoms with Gasteiger partial charge < -0.3 is 10.8 Å². The van der Waals surface area contributed by atoms with E-state index in [1.165, 1.54) is 0 Å². The van der Waals surface area contributed by atoms with Crippen LogP contribution in [-0.2, 0) is 6.42 Å². The quantitative estimate of drug-likeness (QED) is 0.840. The van der Waals surface area contributed by atoms with E-state index >= 15 is 0 Å². The minimum Gasteiger partial charge on any atom is -0.508 e. The fourth-order valence-corrected chi connectivity index (χ4v) is 1.37. The van der Waals surface area contributed by atoms with Crippen LogP contribution in [0.4, 0.5) is 0 Å². The number of phenols is 1. The van der Waals surface area contributed by atoms with Crippen LogP contribution in [0.1, 0.15) is 26.3 Å². The molecule has 0 saturated carbocycles. The first-order chi connectivity index (χ1) is 10.1. The number of benzene rings is 1. The molecule has 0 amide bonds. The lowest BCUT2D eigenvalue weighted by Gasteiger charge is -2.10. The van der Waals surface area contributed by atoms with Crippen LogP contribution in [0, 0.1) is 0 Å². The highest BCUT2D eigenvalue weighted by molar-refractivity contribution is 5.27. The molecule has 2 rings (SSSR count). The highest BCUT2D eigenvalue weighted by Crippen LogP contribution is 2.12. The Hall–Kier alpha value is -2.13. The minimum atomic E-state index is 0.00421. The maximum atomic E-state index is 9.05. The Morgan fingerprint density at radius 3 is 2.00 bits per heavy atom. The van der Waals surface area contributed by atoms with Crippen molar-refractivity contribution in [3.8, 4) is 5.75 Å². The molecule has 0 saturated heterocycles. The molecule has 0 bridgehead atoms. The van der Waals surface area contributed by atoms with Crippen LogP contribution >= 0.6 is 0 Å². The van der Waals surface area contributed by atoms with E-state index in [4.69, 9.17) is 10.8 Å². The number of aromatic nitrogens is 1. The lowest BCUT2D eigenvalue weighted by atomic mass is 10.0. The summed E-state index contributed by atoms with van der Waals surface area (Å²) in [7, 11) is 0. The van der Waals surface area contributed by atoms with Crippen molar-refractivity contribution in [2.45, 2.75) is 33.2 Å². The zero-order chi connectivity index (χ0) is 16.1. The summed E-state index contributed by atoms with van der Waals surface area (Å²) in [6.45, 7) is 9.72. The van der Waals surface area contributed by atoms with Gasteiger partial charge in [-0.25, -0.2) is 0 Å². The van der Waals surface area contributed by atoms with Crippen LogP contribution < -0.4 is 5.73 Å². The average molecular weight is 286 g/mol. The van der Waals surface area contributed by atoms with E-state index in [9.17, 15) is 0 Å². The van der Waals surface area contributed by atoms with Gasteiger partial charge in [-0.15, -0.1) is 0 Å².